The molecule has 7 heteroatoms. The first-order valence-electron chi connectivity index (χ1n) is 9.72. The molecule has 0 radical (unpaired) electrons. The molecule has 2 atom stereocenters. The number of hydrogen-bond acceptors (Lipinski definition) is 6. The minimum Gasteiger partial charge on any atom is -0.497 e. The van der Waals surface area contributed by atoms with Crippen molar-refractivity contribution in [3.05, 3.63) is 83.9 Å². The fourth-order valence-electron chi connectivity index (χ4n) is 3.29. The SMILES string of the molecule is COc1ccc(OC)c(/C=N\NC(=O)[C@@H]2Oc3ccccc3O[C@H]2c2ccccc2)c1. The number of rotatable bonds is 6. The zero-order valence-electron chi connectivity index (χ0n) is 17.1. The molecular weight excluding hydrogens is 396 g/mol. The average molecular weight is 418 g/mol. The van der Waals surface area contributed by atoms with Crippen molar-refractivity contribution >= 4 is 12.1 Å². The van der Waals surface area contributed by atoms with Crippen molar-refractivity contribution in [2.45, 2.75) is 12.2 Å². The van der Waals surface area contributed by atoms with Gasteiger partial charge < -0.3 is 18.9 Å². The van der Waals surface area contributed by atoms with E-state index in [0.29, 0.717) is 28.6 Å². The topological polar surface area (TPSA) is 78.4 Å². The molecule has 3 aromatic rings. The summed E-state index contributed by atoms with van der Waals surface area (Å²) in [7, 11) is 3.14. The Hall–Kier alpha value is -4.00. The molecule has 0 bridgehead atoms. The number of fused-ring (bicyclic) bond motifs is 1. The largest absolute Gasteiger partial charge is 0.497 e. The van der Waals surface area contributed by atoms with Crippen LogP contribution in [-0.4, -0.2) is 32.4 Å². The Morgan fingerprint density at radius 2 is 1.65 bits per heavy atom. The molecule has 0 aliphatic carbocycles. The van der Waals surface area contributed by atoms with Crippen LogP contribution in [0.4, 0.5) is 0 Å². The third kappa shape index (κ3) is 4.45. The number of carbonyl (C=O) groups excluding carboxylic acids is 1. The Kier molecular flexibility index (Phi) is 6.03. The van der Waals surface area contributed by atoms with Crippen LogP contribution in [0.3, 0.4) is 0 Å². The van der Waals surface area contributed by atoms with E-state index >= 15 is 0 Å². The zero-order valence-corrected chi connectivity index (χ0v) is 17.1. The fourth-order valence-corrected chi connectivity index (χ4v) is 3.29. The van der Waals surface area contributed by atoms with Gasteiger partial charge in [-0.15, -0.1) is 0 Å². The Labute approximate surface area is 180 Å². The number of hydrogen-bond donors (Lipinski definition) is 1. The summed E-state index contributed by atoms with van der Waals surface area (Å²) in [4.78, 5) is 13.0. The normalized spacial score (nSPS) is 17.2. The second-order valence-electron chi connectivity index (χ2n) is 6.78. The molecule has 31 heavy (non-hydrogen) atoms. The number of nitrogens with one attached hydrogen (secondary N) is 1. The molecule has 4 rings (SSSR count). The van der Waals surface area contributed by atoms with Crippen LogP contribution in [0.25, 0.3) is 0 Å². The van der Waals surface area contributed by atoms with Crippen molar-refractivity contribution in [2.24, 2.45) is 5.10 Å². The summed E-state index contributed by atoms with van der Waals surface area (Å²) in [6.07, 6.45) is -0.0340. The molecule has 0 unspecified atom stereocenters. The Morgan fingerprint density at radius 3 is 2.35 bits per heavy atom. The van der Waals surface area contributed by atoms with E-state index in [4.69, 9.17) is 18.9 Å². The van der Waals surface area contributed by atoms with E-state index in [1.165, 1.54) is 6.21 Å². The molecule has 1 aliphatic heterocycles. The van der Waals surface area contributed by atoms with Gasteiger partial charge in [0.25, 0.3) is 5.91 Å². The highest BCUT2D eigenvalue weighted by Crippen LogP contribution is 2.39. The van der Waals surface area contributed by atoms with Crippen molar-refractivity contribution in [2.75, 3.05) is 14.2 Å². The molecule has 0 fully saturated rings. The number of carbonyl (C=O) groups is 1. The maximum Gasteiger partial charge on any atom is 0.285 e. The summed E-state index contributed by atoms with van der Waals surface area (Å²) in [5.41, 5.74) is 4.04. The highest BCUT2D eigenvalue weighted by molar-refractivity contribution is 5.87. The van der Waals surface area contributed by atoms with Gasteiger partial charge in [0.15, 0.2) is 17.6 Å². The lowest BCUT2D eigenvalue weighted by atomic mass is 10.0. The van der Waals surface area contributed by atoms with Gasteiger partial charge in [-0.2, -0.15) is 5.10 Å². The molecule has 0 aromatic heterocycles. The van der Waals surface area contributed by atoms with Gasteiger partial charge in [-0.1, -0.05) is 42.5 Å². The number of methoxy groups -OCH3 is 2. The van der Waals surface area contributed by atoms with Gasteiger partial charge >= 0.3 is 0 Å². The summed E-state index contributed by atoms with van der Waals surface area (Å²) in [5.74, 6) is 1.92. The summed E-state index contributed by atoms with van der Waals surface area (Å²) >= 11 is 0. The van der Waals surface area contributed by atoms with Crippen molar-refractivity contribution in [1.29, 1.82) is 0 Å². The number of hydrazone groups is 1. The van der Waals surface area contributed by atoms with Gasteiger partial charge in [0.2, 0.25) is 6.10 Å². The van der Waals surface area contributed by atoms with Gasteiger partial charge in [-0.3, -0.25) is 4.79 Å². The number of benzene rings is 3. The van der Waals surface area contributed by atoms with Crippen LogP contribution in [-0.2, 0) is 4.79 Å². The zero-order chi connectivity index (χ0) is 21.6. The minimum absolute atomic E-state index is 0.429. The van der Waals surface area contributed by atoms with Gasteiger partial charge in [0.05, 0.1) is 20.4 Å². The van der Waals surface area contributed by atoms with E-state index in [1.807, 2.05) is 48.5 Å². The van der Waals surface area contributed by atoms with Gasteiger partial charge in [0, 0.05) is 5.56 Å². The highest BCUT2D eigenvalue weighted by atomic mass is 16.6. The molecular formula is C24H22N2O5. The number of amides is 1. The van der Waals surface area contributed by atoms with Crippen molar-refractivity contribution in [3.8, 4) is 23.0 Å². The van der Waals surface area contributed by atoms with E-state index in [-0.39, 0.29) is 0 Å². The fraction of sp³-hybridized carbons (Fsp3) is 0.167. The summed E-state index contributed by atoms with van der Waals surface area (Å²) in [6, 6.07) is 22.0. The van der Waals surface area contributed by atoms with Crippen LogP contribution >= 0.6 is 0 Å². The maximum absolute atomic E-state index is 13.0. The monoisotopic (exact) mass is 418 g/mol. The summed E-state index contributed by atoms with van der Waals surface area (Å²) in [5, 5.41) is 4.09. The second kappa shape index (κ2) is 9.21. The first-order chi connectivity index (χ1) is 15.2. The van der Waals surface area contributed by atoms with E-state index < -0.39 is 18.1 Å². The highest BCUT2D eigenvalue weighted by Gasteiger charge is 2.38. The lowest BCUT2D eigenvalue weighted by molar-refractivity contribution is -0.134. The predicted octanol–water partition coefficient (Wildman–Crippen LogP) is 3.74. The molecule has 3 aromatic carbocycles. The molecule has 1 N–H and O–H groups in total. The summed E-state index contributed by atoms with van der Waals surface area (Å²) in [6.45, 7) is 0. The Balaban J connectivity index is 1.55. The van der Waals surface area contributed by atoms with E-state index in [0.717, 1.165) is 5.56 Å². The summed E-state index contributed by atoms with van der Waals surface area (Å²) < 4.78 is 22.7. The Bertz CT molecular complexity index is 1080. The van der Waals surface area contributed by atoms with E-state index in [1.54, 1.807) is 38.5 Å². The Morgan fingerprint density at radius 1 is 0.935 bits per heavy atom. The number of para-hydroxylation sites is 2. The van der Waals surface area contributed by atoms with Crippen LogP contribution in [0.2, 0.25) is 0 Å². The standard InChI is InChI=1S/C24H22N2O5/c1-28-18-12-13-19(29-2)17(14-18)15-25-26-24(27)23-22(16-8-4-3-5-9-16)30-20-10-6-7-11-21(20)31-23/h3-15,22-23H,1-2H3,(H,26,27)/b25-15-/t22-,23+/m0/s1. The maximum atomic E-state index is 13.0. The molecule has 1 heterocycles. The average Bonchev–Trinajstić information content (AvgIpc) is 2.83. The van der Waals surface area contributed by atoms with E-state index in [9.17, 15) is 4.79 Å². The lowest BCUT2D eigenvalue weighted by Gasteiger charge is -2.32. The molecule has 0 spiro atoms. The minimum atomic E-state index is -0.915. The molecule has 0 saturated heterocycles. The number of ether oxygens (including phenoxy) is 4. The first kappa shape index (κ1) is 20.3. The van der Waals surface area contributed by atoms with Crippen molar-refractivity contribution < 1.29 is 23.7 Å². The van der Waals surface area contributed by atoms with E-state index in [2.05, 4.69) is 10.5 Å². The first-order valence-corrected chi connectivity index (χ1v) is 9.72. The predicted molar refractivity (Wildman–Crippen MR) is 116 cm³/mol. The molecule has 158 valence electrons. The molecule has 7 nitrogen and oxygen atoms in total. The molecule has 1 amide bonds. The van der Waals surface area contributed by atoms with Crippen LogP contribution in [0.1, 0.15) is 17.2 Å². The molecule has 0 saturated carbocycles. The molecule has 1 aliphatic rings. The van der Waals surface area contributed by atoms with Crippen molar-refractivity contribution in [1.82, 2.24) is 5.43 Å². The van der Waals surface area contributed by atoms with Gasteiger partial charge in [0.1, 0.15) is 11.5 Å². The third-order valence-corrected chi connectivity index (χ3v) is 4.83. The van der Waals surface area contributed by atoms with Crippen LogP contribution in [0.5, 0.6) is 23.0 Å². The quantitative estimate of drug-likeness (QED) is 0.487. The van der Waals surface area contributed by atoms with Gasteiger partial charge in [-0.25, -0.2) is 5.43 Å². The lowest BCUT2D eigenvalue weighted by Crippen LogP contribution is -2.44. The van der Waals surface area contributed by atoms with Crippen LogP contribution in [0.15, 0.2) is 77.9 Å². The van der Waals surface area contributed by atoms with Gasteiger partial charge in [-0.05, 0) is 35.9 Å². The van der Waals surface area contributed by atoms with Crippen LogP contribution < -0.4 is 24.4 Å². The number of nitrogens with zero attached hydrogens (tertiary/aromatic N) is 1. The second-order valence-corrected chi connectivity index (χ2v) is 6.78. The smallest absolute Gasteiger partial charge is 0.285 e. The third-order valence-electron chi connectivity index (χ3n) is 4.83. The van der Waals surface area contributed by atoms with Crippen LogP contribution in [0, 0.1) is 0 Å². The van der Waals surface area contributed by atoms with Crippen molar-refractivity contribution in [3.63, 3.8) is 0 Å².